The van der Waals surface area contributed by atoms with Gasteiger partial charge >= 0.3 is 5.69 Å². The molecular formula is C29H37F2N3O5Si. The first-order valence-electron chi connectivity index (χ1n) is 13.4. The van der Waals surface area contributed by atoms with Crippen LogP contribution >= 0.6 is 0 Å². The number of aromatic amines is 2. The second-order valence-corrected chi connectivity index (χ2v) is 16.0. The van der Waals surface area contributed by atoms with E-state index >= 15 is 4.39 Å². The maximum absolute atomic E-state index is 16.1. The van der Waals surface area contributed by atoms with Gasteiger partial charge in [0.2, 0.25) is 5.82 Å². The molecular weight excluding hydrogens is 536 g/mol. The summed E-state index contributed by atoms with van der Waals surface area (Å²) < 4.78 is 43.8. The molecule has 0 saturated carbocycles. The first-order chi connectivity index (χ1) is 18.9. The zero-order valence-corrected chi connectivity index (χ0v) is 24.4. The van der Waals surface area contributed by atoms with Crippen molar-refractivity contribution in [2.24, 2.45) is 5.92 Å². The van der Waals surface area contributed by atoms with Gasteiger partial charge in [-0.05, 0) is 21.3 Å². The molecule has 4 atom stereocenters. The Morgan fingerprint density at radius 3 is 2.08 bits per heavy atom. The largest absolute Gasteiger partial charge is 0.405 e. The van der Waals surface area contributed by atoms with Crippen LogP contribution in [0.2, 0.25) is 5.04 Å². The van der Waals surface area contributed by atoms with Crippen molar-refractivity contribution in [3.63, 3.8) is 0 Å². The molecule has 0 unspecified atom stereocenters. The SMILES string of the molecule is CC(C)CN(O)[C@H]1[C@H](F)[C@H](c2[nH]c(=O)[nH]c(=O)c2F)O[C@@H]1CO[Si](c1ccccc1)(c1ccccc1)C(C)(C)C. The van der Waals surface area contributed by atoms with E-state index in [-0.39, 0.29) is 24.1 Å². The summed E-state index contributed by atoms with van der Waals surface area (Å²) in [5.74, 6) is -1.36. The number of benzene rings is 2. The number of nitrogens with zero attached hydrogens (tertiary/aromatic N) is 1. The molecule has 40 heavy (non-hydrogen) atoms. The molecule has 11 heteroatoms. The molecule has 1 saturated heterocycles. The van der Waals surface area contributed by atoms with E-state index in [2.05, 4.69) is 25.8 Å². The van der Waals surface area contributed by atoms with Crippen molar-refractivity contribution < 1.29 is 23.2 Å². The number of H-pyrrole nitrogens is 2. The lowest BCUT2D eigenvalue weighted by Crippen LogP contribution is -2.67. The van der Waals surface area contributed by atoms with Crippen LogP contribution < -0.4 is 21.6 Å². The molecule has 0 amide bonds. The minimum atomic E-state index is -3.05. The van der Waals surface area contributed by atoms with Gasteiger partial charge in [0, 0.05) is 6.54 Å². The minimum Gasteiger partial charge on any atom is -0.405 e. The number of hydrogen-bond acceptors (Lipinski definition) is 6. The van der Waals surface area contributed by atoms with E-state index in [1.54, 1.807) is 4.98 Å². The third-order valence-corrected chi connectivity index (χ3v) is 12.3. The summed E-state index contributed by atoms with van der Waals surface area (Å²) in [6.07, 6.45) is -4.65. The lowest BCUT2D eigenvalue weighted by molar-refractivity contribution is -0.159. The highest BCUT2D eigenvalue weighted by Gasteiger charge is 2.54. The molecule has 0 spiro atoms. The van der Waals surface area contributed by atoms with E-state index in [0.717, 1.165) is 15.4 Å². The Morgan fingerprint density at radius 2 is 1.57 bits per heavy atom. The Hall–Kier alpha value is -2.96. The number of hydroxylamine groups is 2. The Kier molecular flexibility index (Phi) is 8.91. The van der Waals surface area contributed by atoms with E-state index in [1.165, 1.54) is 0 Å². The summed E-state index contributed by atoms with van der Waals surface area (Å²) in [6.45, 7) is 10.0. The van der Waals surface area contributed by atoms with Crippen molar-refractivity contribution in [2.45, 2.75) is 64.1 Å². The van der Waals surface area contributed by atoms with Gasteiger partial charge in [-0.1, -0.05) is 95.3 Å². The van der Waals surface area contributed by atoms with Crippen LogP contribution in [0.25, 0.3) is 0 Å². The highest BCUT2D eigenvalue weighted by atomic mass is 28.4. The normalized spacial score (nSPS) is 21.9. The third kappa shape index (κ3) is 5.75. The van der Waals surface area contributed by atoms with Crippen LogP contribution in [-0.2, 0) is 9.16 Å². The molecule has 0 radical (unpaired) electrons. The van der Waals surface area contributed by atoms with Crippen LogP contribution in [0.4, 0.5) is 8.78 Å². The number of halogens is 2. The summed E-state index contributed by atoms with van der Waals surface area (Å²) in [5.41, 5.74) is -2.86. The summed E-state index contributed by atoms with van der Waals surface area (Å²) in [6, 6.07) is 18.5. The zero-order chi connectivity index (χ0) is 29.2. The van der Waals surface area contributed by atoms with Crippen LogP contribution in [0.1, 0.15) is 46.4 Å². The molecule has 2 aromatic carbocycles. The van der Waals surface area contributed by atoms with Crippen LogP contribution in [0.3, 0.4) is 0 Å². The Balaban J connectivity index is 1.78. The smallest absolute Gasteiger partial charge is 0.326 e. The molecule has 2 heterocycles. The molecule has 1 aliphatic rings. The first-order valence-corrected chi connectivity index (χ1v) is 15.3. The zero-order valence-electron chi connectivity index (χ0n) is 23.4. The van der Waals surface area contributed by atoms with Gasteiger partial charge in [-0.25, -0.2) is 9.18 Å². The summed E-state index contributed by atoms with van der Waals surface area (Å²) in [4.78, 5) is 27.8. The van der Waals surface area contributed by atoms with E-state index < -0.39 is 55.5 Å². The Labute approximate surface area is 233 Å². The fraction of sp³-hybridized carbons (Fsp3) is 0.448. The highest BCUT2D eigenvalue weighted by Crippen LogP contribution is 2.40. The van der Waals surface area contributed by atoms with E-state index in [4.69, 9.17) is 9.16 Å². The van der Waals surface area contributed by atoms with Crippen molar-refractivity contribution in [3.8, 4) is 0 Å². The molecule has 1 fully saturated rings. The lowest BCUT2D eigenvalue weighted by atomic mass is 10.0. The number of aromatic nitrogens is 2. The van der Waals surface area contributed by atoms with Crippen LogP contribution in [0.15, 0.2) is 70.3 Å². The van der Waals surface area contributed by atoms with Gasteiger partial charge in [-0.2, -0.15) is 9.45 Å². The second kappa shape index (κ2) is 11.9. The van der Waals surface area contributed by atoms with Gasteiger partial charge in [-0.15, -0.1) is 0 Å². The van der Waals surface area contributed by atoms with Gasteiger partial charge in [0.25, 0.3) is 13.9 Å². The van der Waals surface area contributed by atoms with Gasteiger partial charge in [0.15, 0.2) is 6.17 Å². The maximum Gasteiger partial charge on any atom is 0.326 e. The second-order valence-electron chi connectivity index (χ2n) is 11.7. The van der Waals surface area contributed by atoms with Crippen molar-refractivity contribution in [1.29, 1.82) is 0 Å². The van der Waals surface area contributed by atoms with Crippen molar-refractivity contribution in [2.75, 3.05) is 13.2 Å². The number of nitrogens with one attached hydrogen (secondary N) is 2. The average molecular weight is 574 g/mol. The Morgan fingerprint density at radius 1 is 1.02 bits per heavy atom. The van der Waals surface area contributed by atoms with Gasteiger partial charge < -0.3 is 19.4 Å². The molecule has 1 aromatic heterocycles. The Bertz CT molecular complexity index is 1360. The molecule has 4 rings (SSSR count). The fourth-order valence-corrected chi connectivity index (χ4v) is 10.2. The van der Waals surface area contributed by atoms with E-state index in [1.807, 2.05) is 74.5 Å². The first kappa shape index (κ1) is 30.0. The molecule has 3 aromatic rings. The van der Waals surface area contributed by atoms with Crippen molar-refractivity contribution in [3.05, 3.63) is 93.0 Å². The van der Waals surface area contributed by atoms with E-state index in [0.29, 0.717) is 0 Å². The lowest BCUT2D eigenvalue weighted by Gasteiger charge is -2.44. The predicted octanol–water partition coefficient (Wildman–Crippen LogP) is 3.27. The molecule has 8 nitrogen and oxygen atoms in total. The van der Waals surface area contributed by atoms with Gasteiger partial charge in [0.1, 0.15) is 12.2 Å². The number of alkyl halides is 1. The van der Waals surface area contributed by atoms with Gasteiger partial charge in [0.05, 0.1) is 18.3 Å². The quantitative estimate of drug-likeness (QED) is 0.268. The van der Waals surface area contributed by atoms with Crippen molar-refractivity contribution in [1.82, 2.24) is 15.0 Å². The molecule has 216 valence electrons. The number of hydrogen-bond donors (Lipinski definition) is 3. The summed E-state index contributed by atoms with van der Waals surface area (Å²) in [7, 11) is -3.05. The molecule has 0 bridgehead atoms. The molecule has 3 N–H and O–H groups in total. The molecule has 0 aliphatic carbocycles. The molecule has 1 aliphatic heterocycles. The van der Waals surface area contributed by atoms with E-state index in [9.17, 15) is 19.2 Å². The summed E-state index contributed by atoms with van der Waals surface area (Å²) in [5, 5.41) is 13.5. The van der Waals surface area contributed by atoms with Crippen LogP contribution in [-0.4, -0.2) is 60.0 Å². The average Bonchev–Trinajstić information content (AvgIpc) is 3.22. The number of rotatable bonds is 9. The standard InChI is InChI=1S/C29H37F2N3O5Si/c1-18(2)16-34(37)25-21(39-26(23(25)31)24-22(30)27(35)33-28(36)32-24)17-38-40(29(3,4)5,19-12-8-6-9-13-19)20-14-10-7-11-15-20/h6-15,18,21,23,25-26,37H,16-17H2,1-5H3,(H2,32,33,35,36)/t21-,23+,25-,26-/m1/s1. The third-order valence-electron chi connectivity index (χ3n) is 7.29. The highest BCUT2D eigenvalue weighted by molar-refractivity contribution is 6.99. The predicted molar refractivity (Wildman–Crippen MR) is 151 cm³/mol. The van der Waals surface area contributed by atoms with Gasteiger partial charge in [-0.3, -0.25) is 9.78 Å². The maximum atomic E-state index is 16.1. The topological polar surface area (TPSA) is 108 Å². The number of ether oxygens (including phenoxy) is 1. The summed E-state index contributed by atoms with van der Waals surface area (Å²) >= 11 is 0. The fourth-order valence-electron chi connectivity index (χ4n) is 5.60. The minimum absolute atomic E-state index is 0.0226. The van der Waals surface area contributed by atoms with Crippen LogP contribution in [0.5, 0.6) is 0 Å². The van der Waals surface area contributed by atoms with Crippen molar-refractivity contribution >= 4 is 18.7 Å². The monoisotopic (exact) mass is 573 g/mol. The van der Waals surface area contributed by atoms with Crippen LogP contribution in [0, 0.1) is 11.7 Å².